The van der Waals surface area contributed by atoms with Crippen LogP contribution in [0.5, 0.6) is 0 Å². The van der Waals surface area contributed by atoms with E-state index in [1.54, 1.807) is 6.92 Å². The number of aliphatic imine (C=N–C) groups is 1. The molecule has 25 heavy (non-hydrogen) atoms. The predicted molar refractivity (Wildman–Crippen MR) is 88.1 cm³/mol. The first kappa shape index (κ1) is 16.7. The summed E-state index contributed by atoms with van der Waals surface area (Å²) >= 11 is 5.94. The molecule has 0 bridgehead atoms. The average molecular weight is 363 g/mol. The molecule has 1 unspecified atom stereocenters. The summed E-state index contributed by atoms with van der Waals surface area (Å²) in [6.07, 6.45) is -1.27. The minimum atomic E-state index is -1.27. The maximum absolute atomic E-state index is 14.4. The molecule has 0 spiro atoms. The number of amidine groups is 1. The lowest BCUT2D eigenvalue weighted by molar-refractivity contribution is 0.209. The molecule has 1 amide bonds. The second-order valence-electron chi connectivity index (χ2n) is 5.67. The number of carbonyl (C=O) groups is 1. The molecule has 1 aromatic heterocycles. The topological polar surface area (TPSA) is 129 Å². The van der Waals surface area contributed by atoms with Gasteiger partial charge in [0.1, 0.15) is 17.4 Å². The number of carboxylic acid groups (broad SMARTS) is 1. The normalized spacial score (nSPS) is 18.9. The van der Waals surface area contributed by atoms with Gasteiger partial charge in [-0.1, -0.05) is 11.6 Å². The fourth-order valence-corrected chi connectivity index (χ4v) is 3.05. The van der Waals surface area contributed by atoms with Crippen LogP contribution < -0.4 is 11.1 Å². The predicted octanol–water partition coefficient (Wildman–Crippen LogP) is 2.27. The number of halogens is 2. The molecule has 128 valence electrons. The van der Waals surface area contributed by atoms with Gasteiger partial charge in [0.05, 0.1) is 6.54 Å². The highest BCUT2D eigenvalue weighted by atomic mass is 35.5. The molecule has 8 nitrogen and oxygen atoms in total. The van der Waals surface area contributed by atoms with Gasteiger partial charge in [0, 0.05) is 11.3 Å². The lowest BCUT2D eigenvalue weighted by Crippen LogP contribution is -2.38. The van der Waals surface area contributed by atoms with Crippen LogP contribution in [-0.2, 0) is 12.1 Å². The molecule has 0 saturated heterocycles. The van der Waals surface area contributed by atoms with E-state index in [1.807, 2.05) is 6.07 Å². The zero-order valence-corrected chi connectivity index (χ0v) is 13.7. The lowest BCUT2D eigenvalue weighted by Gasteiger charge is -2.32. The molecule has 0 radical (unpaired) electrons. The fraction of sp³-hybridized carbons (Fsp3) is 0.200. The smallest absolute Gasteiger partial charge is 0.409 e. The second kappa shape index (κ2) is 5.75. The van der Waals surface area contributed by atoms with Crippen molar-refractivity contribution in [1.82, 2.24) is 9.55 Å². The molecule has 3 rings (SSSR count). The third kappa shape index (κ3) is 2.77. The Morgan fingerprint density at radius 1 is 1.60 bits per heavy atom. The maximum Gasteiger partial charge on any atom is 0.409 e. The first-order chi connectivity index (χ1) is 11.7. The first-order valence-electron chi connectivity index (χ1n) is 7.07. The van der Waals surface area contributed by atoms with Gasteiger partial charge < -0.3 is 15.4 Å². The van der Waals surface area contributed by atoms with E-state index in [0.29, 0.717) is 0 Å². The SMILES string of the molecule is CC1(c2cc(NC(=O)O)ccc2F)Cn2c(nc(Cl)c2C#N)C(N)=N1. The summed E-state index contributed by atoms with van der Waals surface area (Å²) in [6, 6.07) is 5.72. The van der Waals surface area contributed by atoms with E-state index in [9.17, 15) is 14.4 Å². The van der Waals surface area contributed by atoms with Crippen molar-refractivity contribution in [2.75, 3.05) is 5.32 Å². The van der Waals surface area contributed by atoms with Crippen molar-refractivity contribution in [3.63, 3.8) is 0 Å². The van der Waals surface area contributed by atoms with E-state index < -0.39 is 17.4 Å². The summed E-state index contributed by atoms with van der Waals surface area (Å²) in [5.74, 6) is -0.337. The quantitative estimate of drug-likeness (QED) is 0.754. The maximum atomic E-state index is 14.4. The van der Waals surface area contributed by atoms with Crippen molar-refractivity contribution in [3.05, 3.63) is 46.3 Å². The fourth-order valence-electron chi connectivity index (χ4n) is 2.82. The third-order valence-electron chi connectivity index (χ3n) is 3.89. The average Bonchev–Trinajstić information content (AvgIpc) is 2.84. The van der Waals surface area contributed by atoms with Gasteiger partial charge in [-0.05, 0) is 25.1 Å². The highest BCUT2D eigenvalue weighted by Crippen LogP contribution is 2.36. The number of nitrogens with one attached hydrogen (secondary N) is 1. The Morgan fingerprint density at radius 2 is 2.32 bits per heavy atom. The molecule has 4 N–H and O–H groups in total. The molecular weight excluding hydrogens is 351 g/mol. The highest BCUT2D eigenvalue weighted by Gasteiger charge is 2.37. The van der Waals surface area contributed by atoms with Crippen LogP contribution in [0.2, 0.25) is 5.15 Å². The number of rotatable bonds is 2. The monoisotopic (exact) mass is 362 g/mol. The van der Waals surface area contributed by atoms with Gasteiger partial charge in [0.15, 0.2) is 22.5 Å². The molecule has 0 saturated carbocycles. The summed E-state index contributed by atoms with van der Waals surface area (Å²) in [7, 11) is 0. The van der Waals surface area contributed by atoms with E-state index in [4.69, 9.17) is 22.4 Å². The van der Waals surface area contributed by atoms with E-state index in [0.717, 1.165) is 6.07 Å². The van der Waals surface area contributed by atoms with Crippen molar-refractivity contribution in [1.29, 1.82) is 5.26 Å². The van der Waals surface area contributed by atoms with Crippen LogP contribution in [-0.4, -0.2) is 26.6 Å². The number of nitrogens with two attached hydrogens (primary N) is 1. The van der Waals surface area contributed by atoms with Crippen LogP contribution in [0, 0.1) is 17.1 Å². The zero-order valence-electron chi connectivity index (χ0n) is 12.9. The van der Waals surface area contributed by atoms with Crippen LogP contribution >= 0.6 is 11.6 Å². The molecule has 2 heterocycles. The van der Waals surface area contributed by atoms with Crippen LogP contribution in [0.1, 0.15) is 24.0 Å². The Kier molecular flexibility index (Phi) is 3.85. The standard InChI is InChI=1S/C15H12ClFN6O2/c1-15(8-4-7(20-14(24)25)2-3-9(8)17)6-23-10(5-18)11(16)21-13(23)12(19)22-15/h2-4,20H,6H2,1H3,(H2,19,22)(H,24,25). The summed E-state index contributed by atoms with van der Waals surface area (Å²) in [6.45, 7) is 1.69. The van der Waals surface area contributed by atoms with Crippen LogP contribution in [0.3, 0.4) is 0 Å². The number of nitrogens with zero attached hydrogens (tertiary/aromatic N) is 4. The van der Waals surface area contributed by atoms with E-state index in [-0.39, 0.29) is 40.3 Å². The number of anilines is 1. The molecular formula is C15H12ClFN6O2. The Morgan fingerprint density at radius 3 is 2.96 bits per heavy atom. The molecule has 1 atom stereocenters. The molecule has 10 heteroatoms. The van der Waals surface area contributed by atoms with E-state index >= 15 is 0 Å². The minimum Gasteiger partial charge on any atom is -0.465 e. The van der Waals surface area contributed by atoms with Gasteiger partial charge in [-0.2, -0.15) is 5.26 Å². The van der Waals surface area contributed by atoms with Gasteiger partial charge in [-0.3, -0.25) is 10.3 Å². The van der Waals surface area contributed by atoms with Crippen molar-refractivity contribution in [2.24, 2.45) is 10.7 Å². The second-order valence-corrected chi connectivity index (χ2v) is 6.03. The molecule has 0 fully saturated rings. The Bertz CT molecular complexity index is 964. The van der Waals surface area contributed by atoms with Gasteiger partial charge in [0.25, 0.3) is 0 Å². The first-order valence-corrected chi connectivity index (χ1v) is 7.45. The number of aromatic nitrogens is 2. The van der Waals surface area contributed by atoms with E-state index in [2.05, 4.69) is 15.3 Å². The summed E-state index contributed by atoms with van der Waals surface area (Å²) in [4.78, 5) is 19.1. The Balaban J connectivity index is 2.13. The zero-order chi connectivity index (χ0) is 18.4. The number of hydrogen-bond donors (Lipinski definition) is 3. The number of hydrogen-bond acceptors (Lipinski definition) is 5. The molecule has 0 aliphatic carbocycles. The van der Waals surface area contributed by atoms with E-state index in [1.165, 1.54) is 16.7 Å². The summed E-state index contributed by atoms with van der Waals surface area (Å²) < 4.78 is 15.9. The van der Waals surface area contributed by atoms with Crippen LogP contribution in [0.15, 0.2) is 23.2 Å². The van der Waals surface area contributed by atoms with Crippen molar-refractivity contribution < 1.29 is 14.3 Å². The van der Waals surface area contributed by atoms with Crippen LogP contribution in [0.25, 0.3) is 0 Å². The number of amides is 1. The van der Waals surface area contributed by atoms with Crippen molar-refractivity contribution in [2.45, 2.75) is 19.0 Å². The number of benzene rings is 1. The third-order valence-corrected chi connectivity index (χ3v) is 4.15. The lowest BCUT2D eigenvalue weighted by atomic mass is 9.90. The molecule has 1 aliphatic heterocycles. The Labute approximate surface area is 146 Å². The molecule has 2 aromatic rings. The van der Waals surface area contributed by atoms with Gasteiger partial charge in [0.2, 0.25) is 0 Å². The summed E-state index contributed by atoms with van der Waals surface area (Å²) in [5.41, 5.74) is 5.17. The number of nitriles is 1. The van der Waals surface area contributed by atoms with Crippen LogP contribution in [0.4, 0.5) is 14.9 Å². The Hall–Kier alpha value is -3.12. The number of fused-ring (bicyclic) bond motifs is 1. The minimum absolute atomic E-state index is 0.00754. The largest absolute Gasteiger partial charge is 0.465 e. The molecule has 1 aromatic carbocycles. The van der Waals surface area contributed by atoms with Gasteiger partial charge >= 0.3 is 6.09 Å². The van der Waals surface area contributed by atoms with Crippen molar-refractivity contribution >= 4 is 29.2 Å². The summed E-state index contributed by atoms with van der Waals surface area (Å²) in [5, 5.41) is 20.2. The van der Waals surface area contributed by atoms with Gasteiger partial charge in [-0.25, -0.2) is 14.2 Å². The van der Waals surface area contributed by atoms with Crippen molar-refractivity contribution in [3.8, 4) is 6.07 Å². The highest BCUT2D eigenvalue weighted by molar-refractivity contribution is 6.30. The van der Waals surface area contributed by atoms with Gasteiger partial charge in [-0.15, -0.1) is 0 Å². The number of imidazole rings is 1. The molecule has 1 aliphatic rings.